The molecule has 0 fully saturated rings. The molecule has 144 valence electrons. The summed E-state index contributed by atoms with van der Waals surface area (Å²) in [6.07, 6.45) is 5.20. The minimum absolute atomic E-state index is 0.0114. The molecular formula is C22H14FN7. The summed E-state index contributed by atoms with van der Waals surface area (Å²) in [6.45, 7) is 0. The lowest BCUT2D eigenvalue weighted by atomic mass is 10.1. The van der Waals surface area contributed by atoms with Gasteiger partial charge in [-0.3, -0.25) is 4.98 Å². The van der Waals surface area contributed by atoms with Crippen molar-refractivity contribution in [3.8, 4) is 28.7 Å². The normalized spacial score (nSPS) is 10.9. The number of hydrogen-bond donors (Lipinski definition) is 1. The van der Waals surface area contributed by atoms with Crippen LogP contribution in [0.1, 0.15) is 5.56 Å². The third-order valence-corrected chi connectivity index (χ3v) is 4.82. The molecule has 0 aliphatic rings. The molecule has 2 aromatic carbocycles. The molecule has 7 nitrogen and oxygen atoms in total. The number of rotatable bonds is 3. The van der Waals surface area contributed by atoms with Gasteiger partial charge < -0.3 is 5.73 Å². The first-order valence-corrected chi connectivity index (χ1v) is 9.08. The van der Waals surface area contributed by atoms with Crippen LogP contribution in [0.2, 0.25) is 0 Å². The van der Waals surface area contributed by atoms with Crippen molar-refractivity contribution in [3.05, 3.63) is 84.6 Å². The number of aromatic nitrogens is 5. The Kier molecular flexibility index (Phi) is 4.00. The summed E-state index contributed by atoms with van der Waals surface area (Å²) in [7, 11) is 0. The lowest BCUT2D eigenvalue weighted by Crippen LogP contribution is -2.01. The molecule has 0 saturated heterocycles. The molecule has 0 aliphatic heterocycles. The van der Waals surface area contributed by atoms with E-state index in [2.05, 4.69) is 15.2 Å². The fourth-order valence-electron chi connectivity index (χ4n) is 3.41. The maximum absolute atomic E-state index is 14.2. The molecular weight excluding hydrogens is 381 g/mol. The van der Waals surface area contributed by atoms with Crippen molar-refractivity contribution in [2.24, 2.45) is 0 Å². The van der Waals surface area contributed by atoms with E-state index in [4.69, 9.17) is 11.0 Å². The largest absolute Gasteiger partial charge is 0.382 e. The monoisotopic (exact) mass is 395 g/mol. The second-order valence-corrected chi connectivity index (χ2v) is 6.68. The van der Waals surface area contributed by atoms with Gasteiger partial charge in [0.2, 0.25) is 0 Å². The molecule has 2 N–H and O–H groups in total. The number of halogens is 1. The highest BCUT2D eigenvalue weighted by Crippen LogP contribution is 2.28. The van der Waals surface area contributed by atoms with E-state index in [0.717, 1.165) is 22.3 Å². The van der Waals surface area contributed by atoms with Crippen LogP contribution < -0.4 is 5.73 Å². The summed E-state index contributed by atoms with van der Waals surface area (Å²) in [6, 6.07) is 17.5. The fourth-order valence-corrected chi connectivity index (χ4v) is 3.41. The number of fused-ring (bicyclic) bond motifs is 1. The van der Waals surface area contributed by atoms with Crippen molar-refractivity contribution in [3.63, 3.8) is 0 Å². The molecule has 0 atom stereocenters. The highest BCUT2D eigenvalue weighted by atomic mass is 19.1. The molecule has 30 heavy (non-hydrogen) atoms. The maximum Gasteiger partial charge on any atom is 0.146 e. The van der Waals surface area contributed by atoms with Crippen LogP contribution in [0.15, 0.2) is 73.2 Å². The summed E-state index contributed by atoms with van der Waals surface area (Å²) in [5.41, 5.74) is 9.72. The second-order valence-electron chi connectivity index (χ2n) is 6.68. The minimum atomic E-state index is -0.588. The van der Waals surface area contributed by atoms with E-state index >= 15 is 0 Å². The van der Waals surface area contributed by atoms with E-state index < -0.39 is 5.82 Å². The first-order chi connectivity index (χ1) is 14.6. The quantitative estimate of drug-likeness (QED) is 0.500. The Morgan fingerprint density at radius 3 is 2.53 bits per heavy atom. The van der Waals surface area contributed by atoms with Crippen LogP contribution in [0.4, 0.5) is 10.2 Å². The van der Waals surface area contributed by atoms with E-state index in [1.54, 1.807) is 35.4 Å². The Morgan fingerprint density at radius 1 is 0.933 bits per heavy atom. The Morgan fingerprint density at radius 2 is 1.77 bits per heavy atom. The standard InChI is InChI=1S/C22H14FN7/c23-19-10-14(1-2-15(19)12-24)21-11-22(25)28-30(21)18-3-4-20-16(9-18)13-27-29(20)17-5-7-26-8-6-17/h1-11,13H,(H2,25,28). The highest BCUT2D eigenvalue weighted by Gasteiger charge is 2.14. The van der Waals surface area contributed by atoms with Gasteiger partial charge in [-0.2, -0.15) is 15.5 Å². The number of nitrogens with zero attached hydrogens (tertiary/aromatic N) is 6. The maximum atomic E-state index is 14.2. The molecule has 0 aliphatic carbocycles. The van der Waals surface area contributed by atoms with Gasteiger partial charge in [-0.25, -0.2) is 13.8 Å². The van der Waals surface area contributed by atoms with Gasteiger partial charge in [0.15, 0.2) is 0 Å². The zero-order valence-corrected chi connectivity index (χ0v) is 15.6. The number of nitriles is 1. The van der Waals surface area contributed by atoms with Crippen molar-refractivity contribution in [2.45, 2.75) is 0 Å². The lowest BCUT2D eigenvalue weighted by molar-refractivity contribution is 0.624. The number of benzene rings is 2. The second kappa shape index (κ2) is 6.83. The zero-order chi connectivity index (χ0) is 20.7. The van der Waals surface area contributed by atoms with Crippen LogP contribution in [0, 0.1) is 17.1 Å². The smallest absolute Gasteiger partial charge is 0.146 e. The summed E-state index contributed by atoms with van der Waals surface area (Å²) in [5.74, 6) is -0.280. The predicted molar refractivity (Wildman–Crippen MR) is 111 cm³/mol. The molecule has 0 spiro atoms. The van der Waals surface area contributed by atoms with Gasteiger partial charge in [0.25, 0.3) is 0 Å². The molecule has 3 aromatic heterocycles. The minimum Gasteiger partial charge on any atom is -0.382 e. The SMILES string of the molecule is N#Cc1ccc(-c2cc(N)nn2-c2ccc3c(cnn3-c3ccncc3)c2)cc1F. The summed E-state index contributed by atoms with van der Waals surface area (Å²) >= 11 is 0. The zero-order valence-electron chi connectivity index (χ0n) is 15.6. The first-order valence-electron chi connectivity index (χ1n) is 9.08. The Bertz CT molecular complexity index is 1430. The molecule has 5 rings (SSSR count). The Hall–Kier alpha value is -4.51. The molecule has 8 heteroatoms. The number of pyridine rings is 1. The van der Waals surface area contributed by atoms with E-state index in [1.807, 2.05) is 41.1 Å². The van der Waals surface area contributed by atoms with Gasteiger partial charge in [-0.1, -0.05) is 6.07 Å². The Balaban J connectivity index is 1.62. The van der Waals surface area contributed by atoms with Gasteiger partial charge in [0, 0.05) is 29.4 Å². The molecule has 0 bridgehead atoms. The average molecular weight is 395 g/mol. The van der Waals surface area contributed by atoms with Crippen LogP contribution >= 0.6 is 0 Å². The van der Waals surface area contributed by atoms with Gasteiger partial charge in [0.1, 0.15) is 17.7 Å². The molecule has 0 radical (unpaired) electrons. The summed E-state index contributed by atoms with van der Waals surface area (Å²) < 4.78 is 17.6. The summed E-state index contributed by atoms with van der Waals surface area (Å²) in [5, 5.41) is 18.7. The van der Waals surface area contributed by atoms with Crippen molar-refractivity contribution >= 4 is 16.7 Å². The van der Waals surface area contributed by atoms with Gasteiger partial charge in [-0.05, 0) is 42.5 Å². The molecule has 0 unspecified atom stereocenters. The van der Waals surface area contributed by atoms with Gasteiger partial charge in [-0.15, -0.1) is 0 Å². The van der Waals surface area contributed by atoms with Crippen LogP contribution in [-0.4, -0.2) is 24.5 Å². The highest BCUT2D eigenvalue weighted by molar-refractivity contribution is 5.83. The van der Waals surface area contributed by atoms with E-state index in [0.29, 0.717) is 17.1 Å². The first kappa shape index (κ1) is 17.6. The summed E-state index contributed by atoms with van der Waals surface area (Å²) in [4.78, 5) is 4.04. The van der Waals surface area contributed by atoms with E-state index in [9.17, 15) is 4.39 Å². The van der Waals surface area contributed by atoms with Crippen molar-refractivity contribution in [2.75, 3.05) is 5.73 Å². The van der Waals surface area contributed by atoms with Crippen molar-refractivity contribution in [1.82, 2.24) is 24.5 Å². The number of hydrogen-bond acceptors (Lipinski definition) is 5. The van der Waals surface area contributed by atoms with Crippen molar-refractivity contribution < 1.29 is 4.39 Å². The molecule has 0 amide bonds. The van der Waals surface area contributed by atoms with Crippen LogP contribution in [0.3, 0.4) is 0 Å². The lowest BCUT2D eigenvalue weighted by Gasteiger charge is -2.09. The number of anilines is 1. The van der Waals surface area contributed by atoms with Crippen molar-refractivity contribution in [1.29, 1.82) is 5.26 Å². The molecule has 5 aromatic rings. The number of nitrogen functional groups attached to an aromatic ring is 1. The molecule has 3 heterocycles. The average Bonchev–Trinajstić information content (AvgIpc) is 3.37. The molecule has 0 saturated carbocycles. The van der Waals surface area contributed by atoms with Gasteiger partial charge >= 0.3 is 0 Å². The van der Waals surface area contributed by atoms with Gasteiger partial charge in [0.05, 0.1) is 34.3 Å². The topological polar surface area (TPSA) is 98.3 Å². The third-order valence-electron chi connectivity index (χ3n) is 4.82. The third kappa shape index (κ3) is 2.86. The predicted octanol–water partition coefficient (Wildman–Crippen LogP) is 3.87. The fraction of sp³-hybridized carbons (Fsp3) is 0. The Labute approximate surface area is 170 Å². The van der Waals surface area contributed by atoms with Crippen LogP contribution in [-0.2, 0) is 0 Å². The number of nitrogens with two attached hydrogens (primary N) is 1. The van der Waals surface area contributed by atoms with E-state index in [-0.39, 0.29) is 5.56 Å². The van der Waals surface area contributed by atoms with Crippen LogP contribution in [0.5, 0.6) is 0 Å². The van der Waals surface area contributed by atoms with E-state index in [1.165, 1.54) is 12.1 Å². The van der Waals surface area contributed by atoms with Crippen LogP contribution in [0.25, 0.3) is 33.5 Å².